The van der Waals surface area contributed by atoms with E-state index in [-0.39, 0.29) is 5.78 Å². The van der Waals surface area contributed by atoms with Crippen molar-refractivity contribution >= 4 is 34.7 Å². The maximum Gasteiger partial charge on any atom is 0.307 e. The zero-order valence-electron chi connectivity index (χ0n) is 17.1. The van der Waals surface area contributed by atoms with Gasteiger partial charge in [-0.25, -0.2) is 4.98 Å². The minimum atomic E-state index is -0.885. The molecule has 3 aromatic heterocycles. The molecule has 8 heteroatoms. The number of carbonyl (C=O) groups is 2. The molecule has 2 unspecified atom stereocenters. The Morgan fingerprint density at radius 2 is 1.81 bits per heavy atom. The number of carbonyl (C=O) groups excluding carboxylic acids is 1. The highest BCUT2D eigenvalue weighted by Gasteiger charge is 2.37. The first-order chi connectivity index (χ1) is 15.6. The second kappa shape index (κ2) is 8.22. The summed E-state index contributed by atoms with van der Waals surface area (Å²) in [5.41, 5.74) is 3.99. The maximum atomic E-state index is 12.8. The fraction of sp³-hybridized carbons (Fsp3) is 0.208. The van der Waals surface area contributed by atoms with E-state index in [9.17, 15) is 14.7 Å². The van der Waals surface area contributed by atoms with Gasteiger partial charge in [-0.3, -0.25) is 14.6 Å². The number of Topliss-reactive ketones (excluding diaryl/α,β-unsaturated/α-hetero) is 1. The number of nitrogens with zero attached hydrogens (tertiary/aromatic N) is 3. The van der Waals surface area contributed by atoms with Crippen LogP contribution in [0.1, 0.15) is 29.6 Å². The molecule has 32 heavy (non-hydrogen) atoms. The molecular weight excluding hydrogens is 408 g/mol. The molecule has 0 aliphatic heterocycles. The Morgan fingerprint density at radius 3 is 2.53 bits per heavy atom. The van der Waals surface area contributed by atoms with E-state index in [1.165, 1.54) is 0 Å². The van der Waals surface area contributed by atoms with E-state index in [2.05, 4.69) is 20.3 Å². The van der Waals surface area contributed by atoms with Crippen LogP contribution < -0.4 is 5.32 Å². The predicted molar refractivity (Wildman–Crippen MR) is 118 cm³/mol. The average molecular weight is 428 g/mol. The van der Waals surface area contributed by atoms with Crippen molar-refractivity contribution in [2.24, 2.45) is 11.8 Å². The van der Waals surface area contributed by atoms with Gasteiger partial charge < -0.3 is 14.8 Å². The monoisotopic (exact) mass is 428 g/mol. The largest absolute Gasteiger partial charge is 0.481 e. The molecule has 2 N–H and O–H groups in total. The van der Waals surface area contributed by atoms with Crippen LogP contribution in [0.3, 0.4) is 0 Å². The number of hydrogen-bond donors (Lipinski definition) is 2. The van der Waals surface area contributed by atoms with E-state index in [1.807, 2.05) is 24.3 Å². The maximum absolute atomic E-state index is 12.8. The summed E-state index contributed by atoms with van der Waals surface area (Å²) >= 11 is 0. The molecule has 5 rings (SSSR count). The number of hydrogen-bond acceptors (Lipinski definition) is 7. The molecule has 1 saturated carbocycles. The third kappa shape index (κ3) is 3.82. The number of rotatable bonds is 6. The minimum Gasteiger partial charge on any atom is -0.481 e. The molecule has 0 radical (unpaired) electrons. The van der Waals surface area contributed by atoms with Crippen LogP contribution in [-0.2, 0) is 4.79 Å². The lowest BCUT2D eigenvalue weighted by Gasteiger charge is -2.14. The van der Waals surface area contributed by atoms with Crippen LogP contribution in [0.5, 0.6) is 0 Å². The van der Waals surface area contributed by atoms with Gasteiger partial charge in [0.1, 0.15) is 0 Å². The number of fused-ring (bicyclic) bond motifs is 1. The number of benzene rings is 1. The van der Waals surface area contributed by atoms with Crippen LogP contribution in [0.2, 0.25) is 0 Å². The summed E-state index contributed by atoms with van der Waals surface area (Å²) in [5, 5.41) is 12.4. The molecule has 8 nitrogen and oxygen atoms in total. The highest BCUT2D eigenvalue weighted by molar-refractivity contribution is 6.00. The molecule has 1 aliphatic carbocycles. The highest BCUT2D eigenvalue weighted by atomic mass is 16.4. The molecule has 0 spiro atoms. The van der Waals surface area contributed by atoms with Crippen LogP contribution in [0, 0.1) is 11.8 Å². The van der Waals surface area contributed by atoms with E-state index in [0.717, 1.165) is 17.7 Å². The Hall–Kier alpha value is -4.07. The van der Waals surface area contributed by atoms with E-state index in [0.29, 0.717) is 41.3 Å². The summed E-state index contributed by atoms with van der Waals surface area (Å²) in [6.07, 6.45) is 5.29. The van der Waals surface area contributed by atoms with Gasteiger partial charge in [-0.05, 0) is 37.1 Å². The van der Waals surface area contributed by atoms with Crippen LogP contribution >= 0.6 is 0 Å². The number of ketones is 1. The van der Waals surface area contributed by atoms with Gasteiger partial charge in [0.2, 0.25) is 5.65 Å². The molecule has 4 aromatic rings. The summed E-state index contributed by atoms with van der Waals surface area (Å²) in [7, 11) is 0. The molecule has 2 atom stereocenters. The summed E-state index contributed by atoms with van der Waals surface area (Å²) in [4.78, 5) is 37.1. The topological polar surface area (TPSA) is 118 Å². The summed E-state index contributed by atoms with van der Waals surface area (Å²) in [5.74, 6) is -2.00. The summed E-state index contributed by atoms with van der Waals surface area (Å²) in [6.45, 7) is 0. The molecule has 1 aromatic carbocycles. The third-order valence-corrected chi connectivity index (χ3v) is 5.81. The lowest BCUT2D eigenvalue weighted by atomic mass is 9.88. The Kier molecular flexibility index (Phi) is 5.10. The normalized spacial score (nSPS) is 18.0. The molecule has 0 amide bonds. The highest BCUT2D eigenvalue weighted by Crippen LogP contribution is 2.34. The molecule has 1 fully saturated rings. The standard InChI is InChI=1S/C24H20N4O4/c29-21(17-3-1-4-18(17)23(30)31)15-8-6-14(7-9-15)19-11-10-16(13-26-19)27-24-28-22-20(32-24)5-2-12-25-22/h2,5-13,17-18H,1,3-4H2,(H,30,31)(H,25,27,28). The Balaban J connectivity index is 1.29. The van der Waals surface area contributed by atoms with Crippen molar-refractivity contribution in [2.75, 3.05) is 5.32 Å². The smallest absolute Gasteiger partial charge is 0.307 e. The van der Waals surface area contributed by atoms with Gasteiger partial charge in [-0.2, -0.15) is 4.98 Å². The van der Waals surface area contributed by atoms with Crippen LogP contribution in [-0.4, -0.2) is 31.8 Å². The lowest BCUT2D eigenvalue weighted by molar-refractivity contribution is -0.142. The van der Waals surface area contributed by atoms with E-state index < -0.39 is 17.8 Å². The number of carboxylic acids is 1. The quantitative estimate of drug-likeness (QED) is 0.424. The number of carboxylic acid groups (broad SMARTS) is 1. The first kappa shape index (κ1) is 19.9. The van der Waals surface area contributed by atoms with Crippen molar-refractivity contribution < 1.29 is 19.1 Å². The zero-order chi connectivity index (χ0) is 22.1. The number of aliphatic carboxylic acids is 1. The number of nitrogens with one attached hydrogen (secondary N) is 1. The van der Waals surface area contributed by atoms with Crippen LogP contribution in [0.4, 0.5) is 11.7 Å². The number of pyridine rings is 2. The van der Waals surface area contributed by atoms with Gasteiger partial charge in [0.15, 0.2) is 11.4 Å². The first-order valence-corrected chi connectivity index (χ1v) is 10.4. The number of oxazole rings is 1. The zero-order valence-corrected chi connectivity index (χ0v) is 17.1. The molecule has 3 heterocycles. The fourth-order valence-corrected chi connectivity index (χ4v) is 4.17. The van der Waals surface area contributed by atoms with Crippen molar-refractivity contribution in [1.29, 1.82) is 0 Å². The summed E-state index contributed by atoms with van der Waals surface area (Å²) in [6, 6.07) is 14.8. The van der Waals surface area contributed by atoms with Gasteiger partial charge >= 0.3 is 12.0 Å². The van der Waals surface area contributed by atoms with Crippen LogP contribution in [0.25, 0.3) is 22.5 Å². The minimum absolute atomic E-state index is 0.0956. The van der Waals surface area contributed by atoms with Gasteiger partial charge in [-0.15, -0.1) is 0 Å². The summed E-state index contributed by atoms with van der Waals surface area (Å²) < 4.78 is 5.61. The number of aromatic nitrogens is 3. The second-order valence-electron chi connectivity index (χ2n) is 7.83. The molecule has 1 aliphatic rings. The van der Waals surface area contributed by atoms with E-state index >= 15 is 0 Å². The van der Waals surface area contributed by atoms with Gasteiger partial charge in [0.25, 0.3) is 0 Å². The second-order valence-corrected chi connectivity index (χ2v) is 7.83. The lowest BCUT2D eigenvalue weighted by Crippen LogP contribution is -2.25. The van der Waals surface area contributed by atoms with Crippen molar-refractivity contribution in [3.05, 3.63) is 66.5 Å². The molecule has 160 valence electrons. The van der Waals surface area contributed by atoms with E-state index in [1.54, 1.807) is 36.7 Å². The molecule has 0 bridgehead atoms. The molecule has 0 saturated heterocycles. The van der Waals surface area contributed by atoms with Crippen molar-refractivity contribution in [1.82, 2.24) is 15.0 Å². The van der Waals surface area contributed by atoms with E-state index in [4.69, 9.17) is 4.42 Å². The van der Waals surface area contributed by atoms with Crippen molar-refractivity contribution in [3.63, 3.8) is 0 Å². The SMILES string of the molecule is O=C(O)C1CCCC1C(=O)c1ccc(-c2ccc(Nc3nc4ncccc4o3)cn2)cc1. The fourth-order valence-electron chi connectivity index (χ4n) is 4.17. The van der Waals surface area contributed by atoms with Gasteiger partial charge in [-0.1, -0.05) is 30.7 Å². The Morgan fingerprint density at radius 1 is 1.00 bits per heavy atom. The predicted octanol–water partition coefficient (Wildman–Crippen LogP) is 4.71. The van der Waals surface area contributed by atoms with Crippen molar-refractivity contribution in [2.45, 2.75) is 19.3 Å². The average Bonchev–Trinajstić information content (AvgIpc) is 3.46. The van der Waals surface area contributed by atoms with Crippen molar-refractivity contribution in [3.8, 4) is 11.3 Å². The van der Waals surface area contributed by atoms with Crippen LogP contribution in [0.15, 0.2) is 65.3 Å². The number of anilines is 2. The Labute approximate surface area is 183 Å². The first-order valence-electron chi connectivity index (χ1n) is 10.4. The third-order valence-electron chi connectivity index (χ3n) is 5.81. The Bertz CT molecular complexity index is 1250. The van der Waals surface area contributed by atoms with Gasteiger partial charge in [0.05, 0.1) is 23.5 Å². The van der Waals surface area contributed by atoms with Gasteiger partial charge in [0, 0.05) is 23.2 Å². The molecular formula is C24H20N4O4.